The van der Waals surface area contributed by atoms with Crippen molar-refractivity contribution in [3.05, 3.63) is 122 Å². The molecule has 8 rings (SSSR count). The van der Waals surface area contributed by atoms with Crippen molar-refractivity contribution >= 4 is 64.9 Å². The van der Waals surface area contributed by atoms with Crippen molar-refractivity contribution in [3.8, 4) is 0 Å². The summed E-state index contributed by atoms with van der Waals surface area (Å²) in [6.45, 7) is 0. The summed E-state index contributed by atoms with van der Waals surface area (Å²) in [6, 6.07) is 34.0. The van der Waals surface area contributed by atoms with Crippen molar-refractivity contribution in [2.45, 2.75) is 0 Å². The smallest absolute Gasteiger partial charge is 0.116 e. The molecule has 2 aromatic heterocycles. The van der Waals surface area contributed by atoms with Crippen LogP contribution in [0.15, 0.2) is 122 Å². The summed E-state index contributed by atoms with van der Waals surface area (Å²) in [5.74, 6) is 0. The van der Waals surface area contributed by atoms with E-state index >= 15 is 0 Å². The summed E-state index contributed by atoms with van der Waals surface area (Å²) in [5, 5.41) is 12.2. The van der Waals surface area contributed by atoms with Crippen LogP contribution in [0.5, 0.6) is 0 Å². The number of hydrogen-bond donors (Lipinski definition) is 0. The monoisotopic (exact) mass is 460 g/mol. The molecule has 6 aromatic carbocycles. The van der Waals surface area contributed by atoms with Crippen LogP contribution < -0.4 is 0 Å². The van der Waals surface area contributed by atoms with E-state index in [1.54, 1.807) is 12.7 Å². The summed E-state index contributed by atoms with van der Waals surface area (Å²) in [5.41, 5.74) is 1.99. The average molecular weight is 461 g/mol. The second-order valence-corrected chi connectivity index (χ2v) is 8.88. The molecule has 0 aliphatic carbocycles. The predicted octanol–water partition coefficient (Wildman–Crippen LogP) is 7.87. The first-order valence-electron chi connectivity index (χ1n) is 11.9. The Labute approximate surface area is 206 Å². The third-order valence-corrected chi connectivity index (χ3v) is 6.74. The van der Waals surface area contributed by atoms with Crippen LogP contribution in [0.4, 0.5) is 0 Å². The highest BCUT2D eigenvalue weighted by Gasteiger charge is 2.04. The number of rotatable bonds is 0. The zero-order valence-electron chi connectivity index (χ0n) is 19.3. The normalized spacial score (nSPS) is 11.3. The largest absolute Gasteiger partial charge is 0.244 e. The molecule has 0 aliphatic heterocycles. The fourth-order valence-electron chi connectivity index (χ4n) is 4.95. The van der Waals surface area contributed by atoms with Gasteiger partial charge in [-0.3, -0.25) is 0 Å². The summed E-state index contributed by atoms with van der Waals surface area (Å²) in [4.78, 5) is 16.9. The molecule has 36 heavy (non-hydrogen) atoms. The van der Waals surface area contributed by atoms with Crippen LogP contribution in [0.2, 0.25) is 0 Å². The Hall–Kier alpha value is -4.96. The summed E-state index contributed by atoms with van der Waals surface area (Å²) >= 11 is 0. The zero-order chi connectivity index (χ0) is 23.9. The fourth-order valence-corrected chi connectivity index (χ4v) is 4.95. The first kappa shape index (κ1) is 20.4. The fraction of sp³-hybridized carbons (Fsp3) is 0. The van der Waals surface area contributed by atoms with Crippen LogP contribution in [0.25, 0.3) is 64.9 Å². The predicted molar refractivity (Wildman–Crippen MR) is 149 cm³/mol. The molecule has 0 bridgehead atoms. The molecule has 0 unspecified atom stereocenters. The molecule has 2 heterocycles. The molecule has 168 valence electrons. The first-order valence-corrected chi connectivity index (χ1v) is 11.9. The SMILES string of the molecule is c1ccc2cc3c(ccc4ncncc43)cc2c1.c1ccc2cc3c(ccc4ncncc43)cc2c1. The molecule has 0 aliphatic rings. The maximum absolute atomic E-state index is 4.30. The third kappa shape index (κ3) is 3.48. The summed E-state index contributed by atoms with van der Waals surface area (Å²) < 4.78 is 0. The molecule has 0 saturated carbocycles. The van der Waals surface area contributed by atoms with Gasteiger partial charge in [0.15, 0.2) is 0 Å². The highest BCUT2D eigenvalue weighted by atomic mass is 14.8. The molecule has 0 saturated heterocycles. The van der Waals surface area contributed by atoms with Gasteiger partial charge in [-0.2, -0.15) is 0 Å². The topological polar surface area (TPSA) is 51.6 Å². The Bertz CT molecular complexity index is 1900. The molecule has 0 atom stereocenters. The van der Waals surface area contributed by atoms with Crippen LogP contribution in [-0.4, -0.2) is 19.9 Å². The molecule has 4 nitrogen and oxygen atoms in total. The highest BCUT2D eigenvalue weighted by Crippen LogP contribution is 2.29. The van der Waals surface area contributed by atoms with E-state index in [1.165, 1.54) is 43.1 Å². The van der Waals surface area contributed by atoms with Crippen molar-refractivity contribution < 1.29 is 0 Å². The summed E-state index contributed by atoms with van der Waals surface area (Å²) in [7, 11) is 0. The zero-order valence-corrected chi connectivity index (χ0v) is 19.3. The third-order valence-electron chi connectivity index (χ3n) is 6.74. The molecule has 0 amide bonds. The van der Waals surface area contributed by atoms with E-state index in [-0.39, 0.29) is 0 Å². The van der Waals surface area contributed by atoms with Gasteiger partial charge in [0.25, 0.3) is 0 Å². The minimum Gasteiger partial charge on any atom is -0.244 e. The number of aromatic nitrogens is 4. The number of fused-ring (bicyclic) bond motifs is 8. The lowest BCUT2D eigenvalue weighted by molar-refractivity contribution is 1.23. The second-order valence-electron chi connectivity index (χ2n) is 8.88. The highest BCUT2D eigenvalue weighted by molar-refractivity contribution is 6.11. The second kappa shape index (κ2) is 8.36. The van der Waals surface area contributed by atoms with Crippen molar-refractivity contribution in [2.24, 2.45) is 0 Å². The maximum Gasteiger partial charge on any atom is 0.116 e. The Morgan fingerprint density at radius 2 is 0.778 bits per heavy atom. The molecular weight excluding hydrogens is 440 g/mol. The van der Waals surface area contributed by atoms with Gasteiger partial charge >= 0.3 is 0 Å². The van der Waals surface area contributed by atoms with Gasteiger partial charge in [-0.15, -0.1) is 0 Å². The molecule has 8 aromatic rings. The Morgan fingerprint density at radius 1 is 0.361 bits per heavy atom. The van der Waals surface area contributed by atoms with E-state index in [0.717, 1.165) is 21.8 Å². The van der Waals surface area contributed by atoms with Crippen molar-refractivity contribution in [3.63, 3.8) is 0 Å². The van der Waals surface area contributed by atoms with E-state index in [1.807, 2.05) is 24.5 Å². The Morgan fingerprint density at radius 3 is 1.22 bits per heavy atom. The molecule has 0 fully saturated rings. The van der Waals surface area contributed by atoms with E-state index in [9.17, 15) is 0 Å². The minimum absolute atomic E-state index is 0.993. The van der Waals surface area contributed by atoms with Crippen LogP contribution in [0, 0.1) is 0 Å². The lowest BCUT2D eigenvalue weighted by Crippen LogP contribution is -1.83. The van der Waals surface area contributed by atoms with Gasteiger partial charge in [0.2, 0.25) is 0 Å². The van der Waals surface area contributed by atoms with E-state index in [0.29, 0.717) is 0 Å². The lowest BCUT2D eigenvalue weighted by atomic mass is 10.0. The molecule has 4 heteroatoms. The number of hydrogen-bond acceptors (Lipinski definition) is 4. The minimum atomic E-state index is 0.993. The Kier molecular flexibility index (Phi) is 4.74. The van der Waals surface area contributed by atoms with E-state index in [4.69, 9.17) is 0 Å². The van der Waals surface area contributed by atoms with Gasteiger partial charge in [-0.05, 0) is 79.5 Å². The van der Waals surface area contributed by atoms with Crippen molar-refractivity contribution in [1.29, 1.82) is 0 Å². The maximum atomic E-state index is 4.30. The van der Waals surface area contributed by atoms with Gasteiger partial charge in [0.1, 0.15) is 12.7 Å². The van der Waals surface area contributed by atoms with E-state index in [2.05, 4.69) is 105 Å². The molecule has 0 radical (unpaired) electrons. The van der Waals surface area contributed by atoms with Crippen molar-refractivity contribution in [1.82, 2.24) is 19.9 Å². The lowest BCUT2D eigenvalue weighted by Gasteiger charge is -2.05. The molecule has 0 N–H and O–H groups in total. The van der Waals surface area contributed by atoms with Crippen LogP contribution >= 0.6 is 0 Å². The summed E-state index contributed by atoms with van der Waals surface area (Å²) in [6.07, 6.45) is 6.96. The Balaban J connectivity index is 0.000000122. The van der Waals surface area contributed by atoms with Gasteiger partial charge < -0.3 is 0 Å². The number of benzene rings is 6. The average Bonchev–Trinajstić information content (AvgIpc) is 2.95. The standard InChI is InChI=1S/2C16H10N2/c2*1-2-4-12-8-14-13(7-11(12)3-1)5-6-16-15(14)9-17-10-18-16/h2*1-10H. The molecular formula is C32H20N4. The van der Waals surface area contributed by atoms with Gasteiger partial charge in [-0.25, -0.2) is 19.9 Å². The van der Waals surface area contributed by atoms with Gasteiger partial charge in [0.05, 0.1) is 11.0 Å². The quantitative estimate of drug-likeness (QED) is 0.171. The van der Waals surface area contributed by atoms with Gasteiger partial charge in [-0.1, -0.05) is 60.7 Å². The first-order chi connectivity index (χ1) is 17.8. The van der Waals surface area contributed by atoms with Crippen LogP contribution in [0.1, 0.15) is 0 Å². The van der Waals surface area contributed by atoms with E-state index < -0.39 is 0 Å². The molecule has 0 spiro atoms. The van der Waals surface area contributed by atoms with Crippen molar-refractivity contribution in [2.75, 3.05) is 0 Å². The van der Waals surface area contributed by atoms with Gasteiger partial charge in [0, 0.05) is 23.2 Å². The van der Waals surface area contributed by atoms with Crippen LogP contribution in [-0.2, 0) is 0 Å². The van der Waals surface area contributed by atoms with Crippen LogP contribution in [0.3, 0.4) is 0 Å². The number of nitrogens with zero attached hydrogens (tertiary/aromatic N) is 4.